The van der Waals surface area contributed by atoms with Crippen molar-refractivity contribution in [3.05, 3.63) is 33.3 Å². The van der Waals surface area contributed by atoms with Crippen molar-refractivity contribution in [3.8, 4) is 0 Å². The number of benzene rings is 1. The first-order valence-electron chi connectivity index (χ1n) is 4.93. The summed E-state index contributed by atoms with van der Waals surface area (Å²) in [4.78, 5) is 0. The highest BCUT2D eigenvalue weighted by Gasteiger charge is 2.16. The van der Waals surface area contributed by atoms with E-state index in [1.165, 1.54) is 6.26 Å². The summed E-state index contributed by atoms with van der Waals surface area (Å²) in [5.41, 5.74) is 3.37. The molecule has 17 heavy (non-hydrogen) atoms. The lowest BCUT2D eigenvalue weighted by Crippen LogP contribution is -2.29. The Morgan fingerprint density at radius 1 is 1.53 bits per heavy atom. The second-order valence-electron chi connectivity index (χ2n) is 3.78. The van der Waals surface area contributed by atoms with E-state index < -0.39 is 9.84 Å². The minimum absolute atomic E-state index is 0.0602. The van der Waals surface area contributed by atoms with E-state index in [1.807, 2.05) is 18.2 Å². The number of hydrogen-bond donors (Lipinski definition) is 2. The van der Waals surface area contributed by atoms with Gasteiger partial charge in [-0.1, -0.05) is 23.7 Å². The van der Waals surface area contributed by atoms with Crippen LogP contribution in [0.25, 0.3) is 0 Å². The monoisotopic (exact) mass is 340 g/mol. The van der Waals surface area contributed by atoms with Crippen molar-refractivity contribution in [3.63, 3.8) is 0 Å². The first-order chi connectivity index (χ1) is 7.85. The zero-order valence-corrected chi connectivity index (χ0v) is 12.4. The molecule has 96 valence electrons. The van der Waals surface area contributed by atoms with E-state index in [0.717, 1.165) is 10.0 Å². The molecular weight excluding hydrogens is 328 g/mol. The molecule has 0 heterocycles. The van der Waals surface area contributed by atoms with Crippen molar-refractivity contribution in [1.29, 1.82) is 0 Å². The van der Waals surface area contributed by atoms with Gasteiger partial charge in [-0.3, -0.25) is 11.3 Å². The van der Waals surface area contributed by atoms with Gasteiger partial charge >= 0.3 is 0 Å². The molecular formula is C10H14BrClN2O2S. The van der Waals surface area contributed by atoms with E-state index in [4.69, 9.17) is 17.4 Å². The Morgan fingerprint density at radius 2 is 2.18 bits per heavy atom. The van der Waals surface area contributed by atoms with Gasteiger partial charge in [-0.2, -0.15) is 0 Å². The molecule has 1 atom stereocenters. The van der Waals surface area contributed by atoms with E-state index in [9.17, 15) is 8.42 Å². The maximum atomic E-state index is 11.1. The van der Waals surface area contributed by atoms with Crippen molar-refractivity contribution >= 4 is 37.4 Å². The standard InChI is InChI=1S/C10H14BrClN2O2S/c1-17(15,16)6-5-9(14-13)7-3-2-4-8(11)10(7)12/h2-4,9,14H,5-6,13H2,1H3. The molecule has 0 amide bonds. The highest BCUT2D eigenvalue weighted by Crippen LogP contribution is 2.31. The highest BCUT2D eigenvalue weighted by atomic mass is 79.9. The number of hydrogen-bond acceptors (Lipinski definition) is 4. The molecule has 1 unspecified atom stereocenters. The number of nitrogens with one attached hydrogen (secondary N) is 1. The van der Waals surface area contributed by atoms with Gasteiger partial charge < -0.3 is 0 Å². The van der Waals surface area contributed by atoms with E-state index in [1.54, 1.807) is 0 Å². The molecule has 0 aromatic heterocycles. The third-order valence-electron chi connectivity index (χ3n) is 2.34. The zero-order valence-electron chi connectivity index (χ0n) is 9.28. The van der Waals surface area contributed by atoms with Crippen LogP contribution in [0.5, 0.6) is 0 Å². The number of rotatable bonds is 5. The van der Waals surface area contributed by atoms with Gasteiger partial charge in [0.15, 0.2) is 0 Å². The first-order valence-corrected chi connectivity index (χ1v) is 8.16. The second kappa shape index (κ2) is 6.15. The fourth-order valence-corrected chi connectivity index (χ4v) is 2.75. The third-order valence-corrected chi connectivity index (χ3v) is 4.62. The van der Waals surface area contributed by atoms with Crippen molar-refractivity contribution in [2.75, 3.05) is 12.0 Å². The summed E-state index contributed by atoms with van der Waals surface area (Å²) in [7, 11) is -3.01. The minimum atomic E-state index is -3.01. The fraction of sp³-hybridized carbons (Fsp3) is 0.400. The number of hydrazine groups is 1. The lowest BCUT2D eigenvalue weighted by atomic mass is 10.1. The summed E-state index contributed by atoms with van der Waals surface area (Å²) >= 11 is 9.44. The molecule has 0 aliphatic rings. The van der Waals surface area contributed by atoms with Gasteiger partial charge in [0.1, 0.15) is 9.84 Å². The molecule has 0 aliphatic carbocycles. The van der Waals surface area contributed by atoms with Gasteiger partial charge in [0.05, 0.1) is 10.8 Å². The fourth-order valence-electron chi connectivity index (χ4n) is 1.45. The number of nitrogens with two attached hydrogens (primary N) is 1. The van der Waals surface area contributed by atoms with Crippen molar-refractivity contribution in [2.24, 2.45) is 5.84 Å². The Hall–Kier alpha value is -0.140. The molecule has 0 spiro atoms. The number of sulfone groups is 1. The lowest BCUT2D eigenvalue weighted by molar-refractivity contribution is 0.531. The molecule has 7 heteroatoms. The highest BCUT2D eigenvalue weighted by molar-refractivity contribution is 9.10. The predicted molar refractivity (Wildman–Crippen MR) is 73.5 cm³/mol. The quantitative estimate of drug-likeness (QED) is 0.635. The lowest BCUT2D eigenvalue weighted by Gasteiger charge is -2.17. The zero-order chi connectivity index (χ0) is 13.1. The van der Waals surface area contributed by atoms with Crippen LogP contribution in [0.1, 0.15) is 18.0 Å². The average Bonchev–Trinajstić information content (AvgIpc) is 2.23. The Bertz CT molecular complexity index is 493. The van der Waals surface area contributed by atoms with Crippen LogP contribution in [-0.2, 0) is 9.84 Å². The summed E-state index contributed by atoms with van der Waals surface area (Å²) in [5.74, 6) is 5.49. The largest absolute Gasteiger partial charge is 0.271 e. The molecule has 3 N–H and O–H groups in total. The summed E-state index contributed by atoms with van der Waals surface area (Å²) < 4.78 is 23.0. The topological polar surface area (TPSA) is 72.2 Å². The Kier molecular flexibility index (Phi) is 5.40. The van der Waals surface area contributed by atoms with Crippen LogP contribution in [0.2, 0.25) is 5.02 Å². The van der Waals surface area contributed by atoms with Gasteiger partial charge in [-0.15, -0.1) is 0 Å². The Labute approximate surface area is 115 Å². The van der Waals surface area contributed by atoms with E-state index in [2.05, 4.69) is 21.4 Å². The molecule has 0 bridgehead atoms. The second-order valence-corrected chi connectivity index (χ2v) is 7.27. The van der Waals surface area contributed by atoms with Gasteiger partial charge in [0.25, 0.3) is 0 Å². The van der Waals surface area contributed by atoms with Crippen LogP contribution >= 0.6 is 27.5 Å². The maximum Gasteiger partial charge on any atom is 0.147 e. The first kappa shape index (κ1) is 14.9. The van der Waals surface area contributed by atoms with Crippen LogP contribution in [0.4, 0.5) is 0 Å². The Balaban J connectivity index is 2.90. The van der Waals surface area contributed by atoms with Gasteiger partial charge in [-0.05, 0) is 34.0 Å². The van der Waals surface area contributed by atoms with Crippen LogP contribution in [-0.4, -0.2) is 20.4 Å². The smallest absolute Gasteiger partial charge is 0.147 e. The van der Waals surface area contributed by atoms with Crippen LogP contribution in [0.3, 0.4) is 0 Å². The van der Waals surface area contributed by atoms with E-state index >= 15 is 0 Å². The number of halogens is 2. The summed E-state index contributed by atoms with van der Waals surface area (Å²) in [6.45, 7) is 0. The predicted octanol–water partition coefficient (Wildman–Crippen LogP) is 2.04. The van der Waals surface area contributed by atoms with Crippen molar-refractivity contribution in [1.82, 2.24) is 5.43 Å². The van der Waals surface area contributed by atoms with Gasteiger partial charge in [0, 0.05) is 16.8 Å². The normalized spacial score (nSPS) is 13.6. The van der Waals surface area contributed by atoms with Crippen LogP contribution in [0, 0.1) is 0 Å². The molecule has 0 aliphatic heterocycles. The molecule has 0 radical (unpaired) electrons. The SMILES string of the molecule is CS(=O)(=O)CCC(NN)c1cccc(Br)c1Cl. The molecule has 0 saturated carbocycles. The summed E-state index contributed by atoms with van der Waals surface area (Å²) in [6.07, 6.45) is 1.58. The minimum Gasteiger partial charge on any atom is -0.271 e. The summed E-state index contributed by atoms with van der Waals surface area (Å²) in [6, 6.07) is 5.18. The van der Waals surface area contributed by atoms with Crippen molar-refractivity contribution in [2.45, 2.75) is 12.5 Å². The average molecular weight is 342 g/mol. The third kappa shape index (κ3) is 4.56. The molecule has 0 saturated heterocycles. The van der Waals surface area contributed by atoms with Crippen molar-refractivity contribution < 1.29 is 8.42 Å². The molecule has 0 fully saturated rings. The molecule has 1 aromatic carbocycles. The van der Waals surface area contributed by atoms with E-state index in [-0.39, 0.29) is 11.8 Å². The molecule has 4 nitrogen and oxygen atoms in total. The summed E-state index contributed by atoms with van der Waals surface area (Å²) in [5, 5.41) is 0.545. The van der Waals surface area contributed by atoms with Crippen LogP contribution < -0.4 is 11.3 Å². The van der Waals surface area contributed by atoms with Crippen LogP contribution in [0.15, 0.2) is 22.7 Å². The Morgan fingerprint density at radius 3 is 2.71 bits per heavy atom. The molecule has 1 aromatic rings. The maximum absolute atomic E-state index is 11.1. The molecule has 1 rings (SSSR count). The van der Waals surface area contributed by atoms with Gasteiger partial charge in [0.2, 0.25) is 0 Å². The van der Waals surface area contributed by atoms with E-state index in [0.29, 0.717) is 11.4 Å². The van der Waals surface area contributed by atoms with Gasteiger partial charge in [-0.25, -0.2) is 8.42 Å².